The Morgan fingerprint density at radius 2 is 2.23 bits per heavy atom. The van der Waals surface area contributed by atoms with Crippen molar-refractivity contribution in [3.63, 3.8) is 0 Å². The van der Waals surface area contributed by atoms with Gasteiger partial charge >= 0.3 is 5.97 Å². The van der Waals surface area contributed by atoms with E-state index in [0.717, 1.165) is 10.8 Å². The molecule has 0 saturated heterocycles. The van der Waals surface area contributed by atoms with Crippen LogP contribution in [0, 0.1) is 11.3 Å². The van der Waals surface area contributed by atoms with E-state index in [1.165, 1.54) is 18.5 Å². The molecule has 7 nitrogen and oxygen atoms in total. The van der Waals surface area contributed by atoms with Crippen molar-refractivity contribution in [2.24, 2.45) is 0 Å². The van der Waals surface area contributed by atoms with Crippen LogP contribution in [0.1, 0.15) is 10.4 Å². The van der Waals surface area contributed by atoms with Gasteiger partial charge in [0, 0.05) is 12.3 Å². The van der Waals surface area contributed by atoms with Crippen molar-refractivity contribution in [3.05, 3.63) is 64.9 Å². The number of nitriles is 1. The zero-order chi connectivity index (χ0) is 15.9. The van der Waals surface area contributed by atoms with Crippen molar-refractivity contribution in [1.82, 2.24) is 9.55 Å². The van der Waals surface area contributed by atoms with Gasteiger partial charge in [-0.05, 0) is 18.2 Å². The van der Waals surface area contributed by atoms with Crippen LogP contribution in [0.4, 0.5) is 0 Å². The molecule has 1 heterocycles. The van der Waals surface area contributed by atoms with Gasteiger partial charge in [0.2, 0.25) is 0 Å². The first-order chi connectivity index (χ1) is 10.6. The van der Waals surface area contributed by atoms with Crippen molar-refractivity contribution in [3.8, 4) is 17.5 Å². The van der Waals surface area contributed by atoms with Crippen LogP contribution in [0.3, 0.4) is 0 Å². The van der Waals surface area contributed by atoms with Gasteiger partial charge in [-0.2, -0.15) is 5.26 Å². The lowest BCUT2D eigenvalue weighted by atomic mass is 10.2. The number of nitrogens with zero attached hydrogens (tertiary/aromatic N) is 3. The predicted octanol–water partition coefficient (Wildman–Crippen LogP) is 1.39. The molecular weight excluding hydrogens is 286 g/mol. The quantitative estimate of drug-likeness (QED) is 0.836. The average Bonchev–Trinajstić information content (AvgIpc) is 2.52. The van der Waals surface area contributed by atoms with Gasteiger partial charge in [0.25, 0.3) is 5.56 Å². The molecule has 0 spiro atoms. The summed E-state index contributed by atoms with van der Waals surface area (Å²) in [6, 6.07) is 8.48. The lowest BCUT2D eigenvalue weighted by molar-refractivity contribution is 0.0694. The summed E-state index contributed by atoms with van der Waals surface area (Å²) < 4.78 is 6.58. The fourth-order valence-electron chi connectivity index (χ4n) is 1.75. The standard InChI is InChI=1S/C15H11N3O4/c16-7-3-4-8-22-13-6-2-1-5-12(13)18-10-17-9-11(14(18)19)15(20)21/h1-6,9-10H,8H2,(H,20,21)/b4-3+. The number of carbonyl (C=O) groups is 1. The van der Waals surface area contributed by atoms with E-state index in [-0.39, 0.29) is 6.61 Å². The Labute approximate surface area is 125 Å². The molecule has 2 aromatic rings. The molecule has 0 aliphatic carbocycles. The Balaban J connectivity index is 2.44. The molecule has 2 rings (SSSR count). The fraction of sp³-hybridized carbons (Fsp3) is 0.0667. The lowest BCUT2D eigenvalue weighted by Gasteiger charge is -2.11. The summed E-state index contributed by atoms with van der Waals surface area (Å²) in [5.74, 6) is -0.973. The SMILES string of the molecule is N#C/C=C/COc1ccccc1-n1cncc(C(=O)O)c1=O. The maximum absolute atomic E-state index is 12.2. The lowest BCUT2D eigenvalue weighted by Crippen LogP contribution is -2.25. The topological polar surface area (TPSA) is 105 Å². The largest absolute Gasteiger partial charge is 0.487 e. The molecule has 1 aromatic heterocycles. The van der Waals surface area contributed by atoms with Gasteiger partial charge in [-0.1, -0.05) is 12.1 Å². The summed E-state index contributed by atoms with van der Waals surface area (Å²) in [7, 11) is 0. The van der Waals surface area contributed by atoms with Gasteiger partial charge < -0.3 is 9.84 Å². The Bertz CT molecular complexity index is 818. The highest BCUT2D eigenvalue weighted by Gasteiger charge is 2.14. The van der Waals surface area contributed by atoms with E-state index in [0.29, 0.717) is 11.4 Å². The Morgan fingerprint density at radius 1 is 1.45 bits per heavy atom. The number of aromatic nitrogens is 2. The third kappa shape index (κ3) is 3.19. The second-order valence-electron chi connectivity index (χ2n) is 4.10. The highest BCUT2D eigenvalue weighted by molar-refractivity contribution is 5.86. The highest BCUT2D eigenvalue weighted by atomic mass is 16.5. The molecule has 0 aliphatic heterocycles. The van der Waals surface area contributed by atoms with E-state index in [2.05, 4.69) is 4.98 Å². The Hall–Kier alpha value is -3.40. The van der Waals surface area contributed by atoms with Crippen molar-refractivity contribution in [2.75, 3.05) is 6.61 Å². The van der Waals surface area contributed by atoms with Crippen LogP contribution in [0.2, 0.25) is 0 Å². The van der Waals surface area contributed by atoms with E-state index in [1.54, 1.807) is 24.3 Å². The fourth-order valence-corrected chi connectivity index (χ4v) is 1.75. The summed E-state index contributed by atoms with van der Waals surface area (Å²) >= 11 is 0. The Morgan fingerprint density at radius 3 is 2.95 bits per heavy atom. The van der Waals surface area contributed by atoms with Gasteiger partial charge in [-0.15, -0.1) is 0 Å². The second kappa shape index (κ2) is 6.85. The summed E-state index contributed by atoms with van der Waals surface area (Å²) in [5, 5.41) is 17.4. The first-order valence-electron chi connectivity index (χ1n) is 6.22. The van der Waals surface area contributed by atoms with E-state index in [4.69, 9.17) is 15.1 Å². The molecule has 7 heteroatoms. The molecule has 0 atom stereocenters. The van der Waals surface area contributed by atoms with Crippen molar-refractivity contribution < 1.29 is 14.6 Å². The summed E-state index contributed by atoms with van der Waals surface area (Å²) in [4.78, 5) is 26.9. The Kier molecular flexibility index (Phi) is 4.67. The molecule has 0 fully saturated rings. The number of carboxylic acids is 1. The van der Waals surface area contributed by atoms with Gasteiger partial charge in [0.15, 0.2) is 0 Å². The first kappa shape index (κ1) is 15.0. The van der Waals surface area contributed by atoms with Gasteiger partial charge in [0.1, 0.15) is 24.2 Å². The van der Waals surface area contributed by atoms with E-state index >= 15 is 0 Å². The zero-order valence-corrected chi connectivity index (χ0v) is 11.3. The zero-order valence-electron chi connectivity index (χ0n) is 11.3. The van der Waals surface area contributed by atoms with Crippen LogP contribution in [0.15, 0.2) is 53.7 Å². The molecule has 1 aromatic carbocycles. The number of para-hydroxylation sites is 2. The number of aromatic carboxylic acids is 1. The van der Waals surface area contributed by atoms with Crippen molar-refractivity contribution >= 4 is 5.97 Å². The van der Waals surface area contributed by atoms with E-state index < -0.39 is 17.1 Å². The molecule has 22 heavy (non-hydrogen) atoms. The monoisotopic (exact) mass is 297 g/mol. The van der Waals surface area contributed by atoms with Gasteiger partial charge in [0.05, 0.1) is 11.8 Å². The third-order valence-corrected chi connectivity index (χ3v) is 2.72. The number of rotatable bonds is 5. The average molecular weight is 297 g/mol. The second-order valence-corrected chi connectivity index (χ2v) is 4.10. The number of ether oxygens (including phenoxy) is 1. The van der Waals surface area contributed by atoms with Gasteiger partial charge in [-0.3, -0.25) is 9.36 Å². The van der Waals surface area contributed by atoms with Crippen LogP contribution in [-0.2, 0) is 0 Å². The summed E-state index contributed by atoms with van der Waals surface area (Å²) in [6.07, 6.45) is 5.02. The van der Waals surface area contributed by atoms with E-state index in [9.17, 15) is 9.59 Å². The van der Waals surface area contributed by atoms with Crippen LogP contribution in [-0.4, -0.2) is 27.2 Å². The molecule has 0 aliphatic rings. The molecular formula is C15H11N3O4. The minimum Gasteiger partial charge on any atom is -0.487 e. The number of hydrogen-bond acceptors (Lipinski definition) is 5. The molecule has 0 saturated carbocycles. The smallest absolute Gasteiger partial charge is 0.342 e. The normalized spacial score (nSPS) is 10.3. The molecule has 0 bridgehead atoms. The minimum atomic E-state index is -1.35. The first-order valence-corrected chi connectivity index (χ1v) is 6.22. The molecule has 0 amide bonds. The summed E-state index contributed by atoms with van der Waals surface area (Å²) in [6.45, 7) is 0.144. The summed E-state index contributed by atoms with van der Waals surface area (Å²) in [5.41, 5.74) is -0.763. The molecule has 1 N–H and O–H groups in total. The molecule has 0 unspecified atom stereocenters. The predicted molar refractivity (Wildman–Crippen MR) is 77.0 cm³/mol. The maximum atomic E-state index is 12.2. The van der Waals surface area contributed by atoms with Crippen molar-refractivity contribution in [2.45, 2.75) is 0 Å². The number of hydrogen-bond donors (Lipinski definition) is 1. The van der Waals surface area contributed by atoms with Crippen LogP contribution >= 0.6 is 0 Å². The number of carboxylic acid groups (broad SMARTS) is 1. The molecule has 0 radical (unpaired) electrons. The number of allylic oxidation sites excluding steroid dienone is 1. The maximum Gasteiger partial charge on any atom is 0.342 e. The van der Waals surface area contributed by atoms with E-state index in [1.807, 2.05) is 6.07 Å². The molecule has 110 valence electrons. The minimum absolute atomic E-state index is 0.144. The number of benzene rings is 1. The van der Waals surface area contributed by atoms with Gasteiger partial charge in [-0.25, -0.2) is 9.78 Å². The van der Waals surface area contributed by atoms with Crippen LogP contribution in [0.25, 0.3) is 5.69 Å². The highest BCUT2D eigenvalue weighted by Crippen LogP contribution is 2.21. The van der Waals surface area contributed by atoms with Crippen molar-refractivity contribution in [1.29, 1.82) is 5.26 Å². The third-order valence-electron chi connectivity index (χ3n) is 2.72. The van der Waals surface area contributed by atoms with Crippen LogP contribution < -0.4 is 10.3 Å². The van der Waals surface area contributed by atoms with Crippen LogP contribution in [0.5, 0.6) is 5.75 Å².